The van der Waals surface area contributed by atoms with Crippen LogP contribution in [0, 0.1) is 6.92 Å². The van der Waals surface area contributed by atoms with Gasteiger partial charge in [-0.15, -0.1) is 0 Å². The molecule has 0 unspecified atom stereocenters. The van der Waals surface area contributed by atoms with Gasteiger partial charge >= 0.3 is 0 Å². The number of carbonyl (C=O) groups excluding carboxylic acids is 2. The van der Waals surface area contributed by atoms with Gasteiger partial charge in [-0.05, 0) is 48.9 Å². The molecule has 142 valence electrons. The van der Waals surface area contributed by atoms with Crippen LogP contribution in [-0.2, 0) is 0 Å². The number of rotatable bonds is 5. The van der Waals surface area contributed by atoms with Gasteiger partial charge in [-0.2, -0.15) is 0 Å². The minimum Gasteiger partial charge on any atom is -0.506 e. The summed E-state index contributed by atoms with van der Waals surface area (Å²) in [5.41, 5.74) is 1.80. The molecule has 2 aromatic carbocycles. The first-order valence-corrected chi connectivity index (χ1v) is 8.53. The number of nitrogens with zero attached hydrogens (tertiary/aromatic N) is 1. The van der Waals surface area contributed by atoms with Crippen molar-refractivity contribution in [2.24, 2.45) is 0 Å². The monoisotopic (exact) mass is 377 g/mol. The third-order valence-corrected chi connectivity index (χ3v) is 3.92. The number of phenolic OH excluding ortho intramolecular Hbond substituents is 1. The van der Waals surface area contributed by atoms with Crippen LogP contribution in [0.25, 0.3) is 0 Å². The third kappa shape index (κ3) is 4.45. The molecule has 0 spiro atoms. The summed E-state index contributed by atoms with van der Waals surface area (Å²) in [4.78, 5) is 28.2. The topological polar surface area (TPSA) is 101 Å². The maximum absolute atomic E-state index is 12.5. The Balaban J connectivity index is 1.77. The van der Waals surface area contributed by atoms with Gasteiger partial charge in [0.25, 0.3) is 11.8 Å². The smallest absolute Gasteiger partial charge is 0.269 e. The molecular weight excluding hydrogens is 358 g/mol. The van der Waals surface area contributed by atoms with Crippen molar-refractivity contribution in [3.63, 3.8) is 0 Å². The lowest BCUT2D eigenvalue weighted by Gasteiger charge is -2.10. The average Bonchev–Trinajstić information content (AvgIpc) is 2.70. The van der Waals surface area contributed by atoms with Gasteiger partial charge in [0.05, 0.1) is 5.69 Å². The molecule has 3 N–H and O–H groups in total. The highest BCUT2D eigenvalue weighted by atomic mass is 16.5. The van der Waals surface area contributed by atoms with Crippen LogP contribution in [0.2, 0.25) is 0 Å². The Labute approximate surface area is 162 Å². The molecule has 3 aromatic rings. The maximum atomic E-state index is 12.5. The van der Waals surface area contributed by atoms with Crippen molar-refractivity contribution in [1.82, 2.24) is 10.3 Å². The van der Waals surface area contributed by atoms with Crippen LogP contribution >= 0.6 is 0 Å². The first kappa shape index (κ1) is 18.9. The number of nitrogens with one attached hydrogen (secondary N) is 2. The zero-order chi connectivity index (χ0) is 20.1. The summed E-state index contributed by atoms with van der Waals surface area (Å²) in [5.74, 6) is 0.137. The number of hydrogen-bond acceptors (Lipinski definition) is 5. The summed E-state index contributed by atoms with van der Waals surface area (Å²) in [6, 6.07) is 14.7. The Morgan fingerprint density at radius 2 is 1.79 bits per heavy atom. The average molecular weight is 377 g/mol. The summed E-state index contributed by atoms with van der Waals surface area (Å²) in [5, 5.41) is 15.1. The van der Waals surface area contributed by atoms with E-state index in [2.05, 4.69) is 15.6 Å². The molecular formula is C21H19N3O4. The van der Waals surface area contributed by atoms with Crippen LogP contribution in [0.3, 0.4) is 0 Å². The molecule has 0 fully saturated rings. The van der Waals surface area contributed by atoms with Crippen molar-refractivity contribution < 1.29 is 19.4 Å². The number of pyridine rings is 1. The predicted molar refractivity (Wildman–Crippen MR) is 105 cm³/mol. The molecule has 1 heterocycles. The number of carbonyl (C=O) groups is 2. The van der Waals surface area contributed by atoms with Crippen molar-refractivity contribution >= 4 is 17.5 Å². The van der Waals surface area contributed by atoms with Gasteiger partial charge in [0, 0.05) is 24.9 Å². The Bertz CT molecular complexity index is 1030. The maximum Gasteiger partial charge on any atom is 0.269 e. The second kappa shape index (κ2) is 8.22. The van der Waals surface area contributed by atoms with Gasteiger partial charge in [-0.25, -0.2) is 0 Å². The Morgan fingerprint density at radius 1 is 1.00 bits per heavy atom. The number of phenols is 1. The van der Waals surface area contributed by atoms with Crippen LogP contribution in [-0.4, -0.2) is 29.0 Å². The second-order valence-corrected chi connectivity index (χ2v) is 6.06. The molecule has 28 heavy (non-hydrogen) atoms. The molecule has 0 radical (unpaired) electrons. The minimum absolute atomic E-state index is 0.000676. The van der Waals surface area contributed by atoms with Crippen LogP contribution in [0.5, 0.6) is 17.2 Å². The fourth-order valence-corrected chi connectivity index (χ4v) is 2.51. The molecule has 0 saturated carbocycles. The largest absolute Gasteiger partial charge is 0.506 e. The van der Waals surface area contributed by atoms with Gasteiger partial charge < -0.3 is 20.5 Å². The summed E-state index contributed by atoms with van der Waals surface area (Å²) < 4.78 is 5.74. The first-order chi connectivity index (χ1) is 13.5. The van der Waals surface area contributed by atoms with E-state index in [1.807, 2.05) is 6.92 Å². The van der Waals surface area contributed by atoms with E-state index in [4.69, 9.17) is 4.74 Å². The molecule has 0 atom stereocenters. The van der Waals surface area contributed by atoms with E-state index in [0.29, 0.717) is 22.7 Å². The fraction of sp³-hybridized carbons (Fsp3) is 0.0952. The van der Waals surface area contributed by atoms with E-state index in [9.17, 15) is 14.7 Å². The summed E-state index contributed by atoms with van der Waals surface area (Å²) in [6.45, 7) is 1.85. The van der Waals surface area contributed by atoms with Gasteiger partial charge in [-0.3, -0.25) is 14.6 Å². The Morgan fingerprint density at radius 3 is 2.54 bits per heavy atom. The van der Waals surface area contributed by atoms with Crippen molar-refractivity contribution in [3.8, 4) is 17.2 Å². The lowest BCUT2D eigenvalue weighted by molar-refractivity contribution is 0.0957. The van der Waals surface area contributed by atoms with E-state index >= 15 is 0 Å². The van der Waals surface area contributed by atoms with E-state index in [1.165, 1.54) is 19.3 Å². The molecule has 1 aromatic heterocycles. The van der Waals surface area contributed by atoms with Crippen LogP contribution in [0.1, 0.15) is 26.4 Å². The number of hydrogen-bond donors (Lipinski definition) is 3. The SMILES string of the molecule is CNC(=O)c1cc(Oc2cccc(C(=O)Nc3ccc(C)cc3O)c2)ccn1. The van der Waals surface area contributed by atoms with Crippen molar-refractivity contribution in [2.75, 3.05) is 12.4 Å². The molecule has 7 heteroatoms. The Kier molecular flexibility index (Phi) is 5.55. The van der Waals surface area contributed by atoms with E-state index in [-0.39, 0.29) is 23.3 Å². The van der Waals surface area contributed by atoms with Crippen LogP contribution < -0.4 is 15.4 Å². The summed E-state index contributed by atoms with van der Waals surface area (Å²) >= 11 is 0. The molecule has 2 amide bonds. The van der Waals surface area contributed by atoms with E-state index < -0.39 is 0 Å². The number of benzene rings is 2. The number of aryl methyl sites for hydroxylation is 1. The quantitative estimate of drug-likeness (QED) is 0.591. The fourth-order valence-electron chi connectivity index (χ4n) is 2.51. The predicted octanol–water partition coefficient (Wildman–Crippen LogP) is 3.50. The lowest BCUT2D eigenvalue weighted by atomic mass is 10.1. The molecule has 0 bridgehead atoms. The number of ether oxygens (including phenoxy) is 1. The Hall–Kier alpha value is -3.87. The highest BCUT2D eigenvalue weighted by Crippen LogP contribution is 2.26. The molecule has 0 saturated heterocycles. The molecule has 3 rings (SSSR count). The molecule has 7 nitrogen and oxygen atoms in total. The molecule has 0 aliphatic rings. The standard InChI is InChI=1S/C21H19N3O4/c1-13-6-7-17(19(25)10-13)24-20(26)14-4-3-5-15(11-14)28-16-8-9-23-18(12-16)21(27)22-2/h3-12,25H,1-2H3,(H,22,27)(H,24,26). The number of amides is 2. The molecule has 0 aliphatic carbocycles. The zero-order valence-corrected chi connectivity index (χ0v) is 15.4. The van der Waals surface area contributed by atoms with Gasteiger partial charge in [0.2, 0.25) is 0 Å². The van der Waals surface area contributed by atoms with Gasteiger partial charge in [-0.1, -0.05) is 12.1 Å². The van der Waals surface area contributed by atoms with Crippen molar-refractivity contribution in [1.29, 1.82) is 0 Å². The van der Waals surface area contributed by atoms with Gasteiger partial charge in [0.1, 0.15) is 22.9 Å². The summed E-state index contributed by atoms with van der Waals surface area (Å²) in [6.07, 6.45) is 1.47. The summed E-state index contributed by atoms with van der Waals surface area (Å²) in [7, 11) is 1.52. The number of anilines is 1. The highest BCUT2D eigenvalue weighted by Gasteiger charge is 2.11. The second-order valence-electron chi connectivity index (χ2n) is 6.06. The zero-order valence-electron chi connectivity index (χ0n) is 15.4. The number of aromatic nitrogens is 1. The number of aromatic hydroxyl groups is 1. The van der Waals surface area contributed by atoms with Gasteiger partial charge in [0.15, 0.2) is 0 Å². The van der Waals surface area contributed by atoms with E-state index in [0.717, 1.165) is 5.56 Å². The van der Waals surface area contributed by atoms with Crippen molar-refractivity contribution in [3.05, 3.63) is 77.6 Å². The van der Waals surface area contributed by atoms with Crippen LogP contribution in [0.15, 0.2) is 60.8 Å². The lowest BCUT2D eigenvalue weighted by Crippen LogP contribution is -2.18. The first-order valence-electron chi connectivity index (χ1n) is 8.53. The van der Waals surface area contributed by atoms with Crippen LogP contribution in [0.4, 0.5) is 5.69 Å². The normalized spacial score (nSPS) is 10.2. The highest BCUT2D eigenvalue weighted by molar-refractivity contribution is 6.05. The minimum atomic E-state index is -0.384. The van der Waals surface area contributed by atoms with Crippen molar-refractivity contribution in [2.45, 2.75) is 6.92 Å². The molecule has 0 aliphatic heterocycles. The van der Waals surface area contributed by atoms with E-state index in [1.54, 1.807) is 48.5 Å². The third-order valence-electron chi connectivity index (χ3n) is 3.92.